The molecule has 3 aliphatic carbocycles. The van der Waals surface area contributed by atoms with Gasteiger partial charge in [-0.2, -0.15) is 0 Å². The fourth-order valence-corrected chi connectivity index (χ4v) is 5.77. The van der Waals surface area contributed by atoms with Crippen LogP contribution in [0.1, 0.15) is 55.8 Å². The van der Waals surface area contributed by atoms with Crippen molar-refractivity contribution in [1.82, 2.24) is 5.32 Å². The highest BCUT2D eigenvalue weighted by molar-refractivity contribution is 6.34. The first kappa shape index (κ1) is 22.3. The Labute approximate surface area is 199 Å². The van der Waals surface area contributed by atoms with Gasteiger partial charge in [0.15, 0.2) is 6.10 Å². The Bertz CT molecular complexity index is 1070. The minimum absolute atomic E-state index is 0.135. The summed E-state index contributed by atoms with van der Waals surface area (Å²) in [6.45, 7) is 2.22. The van der Waals surface area contributed by atoms with Gasteiger partial charge in [-0.3, -0.25) is 4.79 Å². The highest BCUT2D eigenvalue weighted by Crippen LogP contribution is 2.62. The second kappa shape index (κ2) is 8.68. The number of amides is 1. The quantitative estimate of drug-likeness (QED) is 0.488. The van der Waals surface area contributed by atoms with Gasteiger partial charge in [0.2, 0.25) is 0 Å². The number of hydrogen-bond acceptors (Lipinski definition) is 3. The summed E-state index contributed by atoms with van der Waals surface area (Å²) in [5, 5.41) is 12.7. The van der Waals surface area contributed by atoms with Gasteiger partial charge in [0, 0.05) is 6.54 Å². The van der Waals surface area contributed by atoms with Crippen molar-refractivity contribution < 1.29 is 19.4 Å². The summed E-state index contributed by atoms with van der Waals surface area (Å²) in [5.41, 5.74) is 2.38. The molecule has 2 unspecified atom stereocenters. The Morgan fingerprint density at radius 1 is 1.15 bits per heavy atom. The predicted octanol–water partition coefficient (Wildman–Crippen LogP) is 5.81. The van der Waals surface area contributed by atoms with Crippen molar-refractivity contribution in [2.45, 2.75) is 51.6 Å². The molecule has 2 aromatic carbocycles. The van der Waals surface area contributed by atoms with Crippen LogP contribution in [-0.4, -0.2) is 29.6 Å². The van der Waals surface area contributed by atoms with E-state index in [1.54, 1.807) is 30.3 Å². The maximum absolute atomic E-state index is 13.1. The third-order valence-corrected chi connectivity index (χ3v) is 7.87. The Balaban J connectivity index is 1.30. The van der Waals surface area contributed by atoms with Crippen molar-refractivity contribution in [3.8, 4) is 16.9 Å². The van der Waals surface area contributed by atoms with Crippen molar-refractivity contribution >= 4 is 23.5 Å². The van der Waals surface area contributed by atoms with E-state index >= 15 is 0 Å². The van der Waals surface area contributed by atoms with Crippen LogP contribution < -0.4 is 10.1 Å². The average molecular weight is 468 g/mol. The van der Waals surface area contributed by atoms with Crippen LogP contribution in [0.3, 0.4) is 0 Å². The first-order chi connectivity index (χ1) is 15.8. The number of carbonyl (C=O) groups excluding carboxylic acids is 1. The van der Waals surface area contributed by atoms with Crippen molar-refractivity contribution in [2.75, 3.05) is 6.54 Å². The number of rotatable bonds is 9. The van der Waals surface area contributed by atoms with Gasteiger partial charge in [0.1, 0.15) is 5.75 Å². The SMILES string of the molecule is C[C@H](Oc1cccc(-c2ccc(Cl)c(C(=O)NCC3(CC4CC4)CC4CC4C3)c2)c1)C(=O)O. The third kappa shape index (κ3) is 5.03. The minimum Gasteiger partial charge on any atom is -0.479 e. The minimum atomic E-state index is -1.02. The summed E-state index contributed by atoms with van der Waals surface area (Å²) < 4.78 is 5.49. The summed E-state index contributed by atoms with van der Waals surface area (Å²) in [6, 6.07) is 12.6. The third-order valence-electron chi connectivity index (χ3n) is 7.54. The summed E-state index contributed by atoms with van der Waals surface area (Å²) in [7, 11) is 0. The molecule has 3 atom stereocenters. The average Bonchev–Trinajstić information content (AvgIpc) is 3.71. The van der Waals surface area contributed by atoms with E-state index in [2.05, 4.69) is 5.32 Å². The first-order valence-electron chi connectivity index (χ1n) is 11.9. The maximum Gasteiger partial charge on any atom is 0.344 e. The number of carboxylic acids is 1. The fourth-order valence-electron chi connectivity index (χ4n) is 5.57. The van der Waals surface area contributed by atoms with Crippen LogP contribution >= 0.6 is 11.6 Å². The summed E-state index contributed by atoms with van der Waals surface area (Å²) in [4.78, 5) is 24.2. The van der Waals surface area contributed by atoms with Crippen molar-refractivity contribution in [2.24, 2.45) is 23.2 Å². The molecule has 0 saturated heterocycles. The highest BCUT2D eigenvalue weighted by atomic mass is 35.5. The number of carbonyl (C=O) groups is 2. The second-order valence-corrected chi connectivity index (χ2v) is 10.7. The molecule has 0 bridgehead atoms. The van der Waals surface area contributed by atoms with Gasteiger partial charge in [-0.1, -0.05) is 42.6 Å². The molecule has 0 aromatic heterocycles. The molecular formula is C27H30ClNO4. The number of fused-ring (bicyclic) bond motifs is 1. The van der Waals surface area contributed by atoms with E-state index in [0.29, 0.717) is 16.3 Å². The van der Waals surface area contributed by atoms with Gasteiger partial charge in [-0.15, -0.1) is 0 Å². The maximum atomic E-state index is 13.1. The number of hydrogen-bond donors (Lipinski definition) is 2. The molecule has 5 rings (SSSR count). The van der Waals surface area contributed by atoms with E-state index < -0.39 is 12.1 Å². The molecule has 2 aromatic rings. The fraction of sp³-hybridized carbons (Fsp3) is 0.481. The van der Waals surface area contributed by atoms with Crippen molar-refractivity contribution in [3.63, 3.8) is 0 Å². The zero-order chi connectivity index (χ0) is 23.2. The van der Waals surface area contributed by atoms with Crippen LogP contribution in [0.25, 0.3) is 11.1 Å². The van der Waals surface area contributed by atoms with Crippen LogP contribution in [0, 0.1) is 23.2 Å². The number of nitrogens with one attached hydrogen (secondary N) is 1. The zero-order valence-corrected chi connectivity index (χ0v) is 19.6. The monoisotopic (exact) mass is 467 g/mol. The van der Waals surface area contributed by atoms with Crippen LogP contribution in [-0.2, 0) is 4.79 Å². The molecule has 3 fully saturated rings. The van der Waals surface area contributed by atoms with Gasteiger partial charge in [0.05, 0.1) is 10.6 Å². The molecule has 3 saturated carbocycles. The van der Waals surface area contributed by atoms with Gasteiger partial charge in [0.25, 0.3) is 5.91 Å². The first-order valence-corrected chi connectivity index (χ1v) is 12.3. The summed E-state index contributed by atoms with van der Waals surface area (Å²) in [6.07, 6.45) is 6.86. The zero-order valence-electron chi connectivity index (χ0n) is 18.9. The predicted molar refractivity (Wildman–Crippen MR) is 128 cm³/mol. The Morgan fingerprint density at radius 2 is 1.88 bits per heavy atom. The van der Waals surface area contributed by atoms with E-state index in [9.17, 15) is 9.59 Å². The Hall–Kier alpha value is -2.53. The largest absolute Gasteiger partial charge is 0.479 e. The molecule has 0 aliphatic heterocycles. The lowest BCUT2D eigenvalue weighted by Crippen LogP contribution is -2.37. The smallest absolute Gasteiger partial charge is 0.344 e. The molecule has 33 heavy (non-hydrogen) atoms. The van der Waals surface area contributed by atoms with E-state index in [0.717, 1.165) is 35.4 Å². The van der Waals surface area contributed by atoms with Gasteiger partial charge >= 0.3 is 5.97 Å². The van der Waals surface area contributed by atoms with E-state index in [1.807, 2.05) is 12.1 Å². The summed E-state index contributed by atoms with van der Waals surface area (Å²) >= 11 is 6.42. The summed E-state index contributed by atoms with van der Waals surface area (Å²) in [5.74, 6) is 1.92. The van der Waals surface area contributed by atoms with Crippen molar-refractivity contribution in [1.29, 1.82) is 0 Å². The number of aliphatic carboxylic acids is 1. The molecule has 0 heterocycles. The normalized spacial score (nSPS) is 26.4. The van der Waals surface area contributed by atoms with E-state index in [-0.39, 0.29) is 11.3 Å². The van der Waals surface area contributed by atoms with E-state index in [4.69, 9.17) is 21.4 Å². The number of halogens is 1. The lowest BCUT2D eigenvalue weighted by atomic mass is 9.78. The highest BCUT2D eigenvalue weighted by Gasteiger charge is 2.54. The van der Waals surface area contributed by atoms with E-state index in [1.165, 1.54) is 45.4 Å². The Morgan fingerprint density at radius 3 is 2.58 bits per heavy atom. The van der Waals surface area contributed by atoms with Gasteiger partial charge in [-0.25, -0.2) is 4.79 Å². The molecule has 174 valence electrons. The van der Waals surface area contributed by atoms with Crippen molar-refractivity contribution in [3.05, 3.63) is 53.1 Å². The molecule has 0 radical (unpaired) electrons. The van der Waals surface area contributed by atoms with Crippen LogP contribution in [0.15, 0.2) is 42.5 Å². The van der Waals surface area contributed by atoms with Gasteiger partial charge < -0.3 is 15.2 Å². The lowest BCUT2D eigenvalue weighted by Gasteiger charge is -2.31. The molecule has 2 N–H and O–H groups in total. The molecule has 0 spiro atoms. The van der Waals surface area contributed by atoms with Crippen LogP contribution in [0.5, 0.6) is 5.75 Å². The topological polar surface area (TPSA) is 75.6 Å². The Kier molecular flexibility index (Phi) is 5.86. The standard InChI is InChI=1S/C27H30ClNO4/c1-16(26(31)32)33-22-4-2-3-18(10-22)19-7-8-24(28)23(11-19)25(30)29-15-27(12-17-5-6-17)13-20-9-21(20)14-27/h2-4,7-8,10-11,16-17,20-21H,5-6,9,12-15H2,1H3,(H,29,30)(H,31,32)/t16-,20?,21?,27?/m0/s1. The second-order valence-electron chi connectivity index (χ2n) is 10.3. The molecule has 5 nitrogen and oxygen atoms in total. The molecule has 3 aliphatic rings. The number of benzene rings is 2. The van der Waals surface area contributed by atoms with Crippen LogP contribution in [0.2, 0.25) is 5.02 Å². The van der Waals surface area contributed by atoms with Crippen LogP contribution in [0.4, 0.5) is 0 Å². The van der Waals surface area contributed by atoms with Gasteiger partial charge in [-0.05, 0) is 91.2 Å². The lowest BCUT2D eigenvalue weighted by molar-refractivity contribution is -0.144. The molecule has 6 heteroatoms. The number of ether oxygens (including phenoxy) is 1. The molecule has 1 amide bonds. The number of carboxylic acid groups (broad SMARTS) is 1. The molecular weight excluding hydrogens is 438 g/mol.